The first-order valence-electron chi connectivity index (χ1n) is 4.62. The quantitative estimate of drug-likeness (QED) is 0.639. The van der Waals surface area contributed by atoms with Gasteiger partial charge in [-0.1, -0.05) is 13.8 Å². The summed E-state index contributed by atoms with van der Waals surface area (Å²) in [5.74, 6) is 0.601. The van der Waals surface area contributed by atoms with Crippen LogP contribution < -0.4 is 5.73 Å². The molecule has 72 valence electrons. The summed E-state index contributed by atoms with van der Waals surface area (Å²) in [7, 11) is 5.46. The molecule has 0 spiro atoms. The predicted molar refractivity (Wildman–Crippen MR) is 52.3 cm³/mol. The molecule has 2 atom stereocenters. The molecule has 0 aromatic heterocycles. The predicted octanol–water partition coefficient (Wildman–Crippen LogP) is 1.04. The molecule has 0 aliphatic carbocycles. The fourth-order valence-corrected chi connectivity index (χ4v) is 1.35. The van der Waals surface area contributed by atoms with Crippen molar-refractivity contribution in [1.29, 1.82) is 0 Å². The summed E-state index contributed by atoms with van der Waals surface area (Å²) in [5, 5.41) is 9.31. The Hall–Kier alpha value is -0.635. The van der Waals surface area contributed by atoms with Crippen LogP contribution in [-0.4, -0.2) is 25.1 Å². The minimum Gasteiger partial charge on any atom is -0.509 e. The van der Waals surface area contributed by atoms with Crippen molar-refractivity contribution in [2.75, 3.05) is 0 Å². The van der Waals surface area contributed by atoms with Crippen molar-refractivity contribution in [2.45, 2.75) is 38.8 Å². The lowest BCUT2D eigenvalue weighted by Crippen LogP contribution is -2.18. The Bertz CT molecular complexity index is 216. The Morgan fingerprint density at radius 1 is 1.62 bits per heavy atom. The summed E-state index contributed by atoms with van der Waals surface area (Å²) in [6.45, 7) is 4.27. The summed E-state index contributed by atoms with van der Waals surface area (Å²) < 4.78 is 5.26. The molecule has 1 heterocycles. The maximum absolute atomic E-state index is 9.31. The first-order chi connectivity index (χ1) is 6.02. The third-order valence-electron chi connectivity index (χ3n) is 2.23. The topological polar surface area (TPSA) is 55.5 Å². The average Bonchev–Trinajstić information content (AvgIpc) is 2.29. The Labute approximate surface area is 80.4 Å². The van der Waals surface area contributed by atoms with Crippen LogP contribution in [0.1, 0.15) is 26.7 Å². The highest BCUT2D eigenvalue weighted by Crippen LogP contribution is 2.24. The van der Waals surface area contributed by atoms with Gasteiger partial charge in [-0.25, -0.2) is 0 Å². The van der Waals surface area contributed by atoms with Crippen LogP contribution in [0.2, 0.25) is 0 Å². The molecule has 1 rings (SSSR count). The van der Waals surface area contributed by atoms with Gasteiger partial charge in [-0.3, -0.25) is 0 Å². The van der Waals surface area contributed by atoms with Crippen LogP contribution in [0.3, 0.4) is 0 Å². The van der Waals surface area contributed by atoms with E-state index in [0.717, 1.165) is 12.8 Å². The second kappa shape index (κ2) is 4.05. The Morgan fingerprint density at radius 2 is 2.23 bits per heavy atom. The molecular weight excluding hydrogens is 165 g/mol. The van der Waals surface area contributed by atoms with E-state index in [1.807, 2.05) is 0 Å². The number of hydrogen-bond acceptors (Lipinski definition) is 3. The highest BCUT2D eigenvalue weighted by atomic mass is 16.5. The van der Waals surface area contributed by atoms with Gasteiger partial charge < -0.3 is 15.6 Å². The minimum absolute atomic E-state index is 0.00578. The molecule has 4 heteroatoms. The number of hydrogen-bond donors (Lipinski definition) is 2. The van der Waals surface area contributed by atoms with Crippen molar-refractivity contribution in [2.24, 2.45) is 11.7 Å². The van der Waals surface area contributed by atoms with Gasteiger partial charge in [-0.15, -0.1) is 0 Å². The van der Waals surface area contributed by atoms with Crippen LogP contribution in [0.5, 0.6) is 0 Å². The number of ether oxygens (including phenoxy) is 1. The molecule has 3 N–H and O–H groups in total. The van der Waals surface area contributed by atoms with Gasteiger partial charge in [0.15, 0.2) is 0 Å². The zero-order valence-electron chi connectivity index (χ0n) is 8.16. The van der Waals surface area contributed by atoms with Gasteiger partial charge in [0.2, 0.25) is 0 Å². The molecule has 13 heavy (non-hydrogen) atoms. The van der Waals surface area contributed by atoms with E-state index < -0.39 is 6.00 Å². The first-order valence-corrected chi connectivity index (χ1v) is 4.62. The number of aliphatic hydroxyl groups is 1. The van der Waals surface area contributed by atoms with E-state index in [0.29, 0.717) is 11.6 Å². The minimum atomic E-state index is -0.725. The van der Waals surface area contributed by atoms with Gasteiger partial charge in [0.05, 0.1) is 11.7 Å². The van der Waals surface area contributed by atoms with Crippen molar-refractivity contribution in [3.63, 3.8) is 0 Å². The van der Waals surface area contributed by atoms with Crippen LogP contribution in [0, 0.1) is 5.92 Å². The third kappa shape index (κ3) is 2.40. The summed E-state index contributed by atoms with van der Waals surface area (Å²) in [5.41, 5.74) is 6.02. The first kappa shape index (κ1) is 10.4. The summed E-state index contributed by atoms with van der Waals surface area (Å²) in [4.78, 5) is 0. The number of rotatable bonds is 3. The van der Waals surface area contributed by atoms with E-state index in [1.165, 1.54) is 0 Å². The second-order valence-corrected chi connectivity index (χ2v) is 3.86. The van der Waals surface area contributed by atoms with Gasteiger partial charge in [-0.05, 0) is 18.8 Å². The lowest BCUT2D eigenvalue weighted by Gasteiger charge is -2.13. The lowest BCUT2D eigenvalue weighted by molar-refractivity contribution is 0.0743. The average molecular weight is 181 g/mol. The van der Waals surface area contributed by atoms with Gasteiger partial charge in [0, 0.05) is 0 Å². The van der Waals surface area contributed by atoms with E-state index in [1.54, 1.807) is 0 Å². The normalized spacial score (nSPS) is 28.8. The van der Waals surface area contributed by atoms with E-state index in [-0.39, 0.29) is 11.9 Å². The fraction of sp³-hybridized carbons (Fsp3) is 0.778. The second-order valence-electron chi connectivity index (χ2n) is 3.86. The standard InChI is InChI=1S/C9H16BNO2/c1-5(2)3-4-6-7(11)8(12)9(10)13-6/h5-6,9,12H,3-4,11H2,1-2H3. The molecule has 1 aliphatic rings. The fourth-order valence-electron chi connectivity index (χ4n) is 1.35. The summed E-state index contributed by atoms with van der Waals surface area (Å²) in [6, 6.07) is -0.725. The molecular formula is C9H16BNO2. The van der Waals surface area contributed by atoms with E-state index in [9.17, 15) is 5.11 Å². The zero-order valence-corrected chi connectivity index (χ0v) is 8.16. The molecule has 0 aromatic rings. The van der Waals surface area contributed by atoms with E-state index >= 15 is 0 Å². The van der Waals surface area contributed by atoms with Gasteiger partial charge in [0.1, 0.15) is 19.7 Å². The molecule has 0 bridgehead atoms. The van der Waals surface area contributed by atoms with Crippen molar-refractivity contribution in [3.8, 4) is 0 Å². The van der Waals surface area contributed by atoms with Crippen LogP contribution in [0.15, 0.2) is 11.5 Å². The van der Waals surface area contributed by atoms with Crippen LogP contribution in [0.25, 0.3) is 0 Å². The van der Waals surface area contributed by atoms with Crippen molar-refractivity contribution < 1.29 is 9.84 Å². The third-order valence-corrected chi connectivity index (χ3v) is 2.23. The molecule has 2 unspecified atom stereocenters. The zero-order chi connectivity index (χ0) is 10.0. The lowest BCUT2D eigenvalue weighted by atomic mass is 9.98. The molecule has 3 nitrogen and oxygen atoms in total. The van der Waals surface area contributed by atoms with Crippen molar-refractivity contribution in [3.05, 3.63) is 11.5 Å². The monoisotopic (exact) mass is 181 g/mol. The van der Waals surface area contributed by atoms with Crippen LogP contribution in [0.4, 0.5) is 0 Å². The van der Waals surface area contributed by atoms with Gasteiger partial charge in [-0.2, -0.15) is 0 Å². The molecule has 2 radical (unpaired) electrons. The molecule has 0 saturated heterocycles. The maximum atomic E-state index is 9.31. The van der Waals surface area contributed by atoms with E-state index in [4.69, 9.17) is 18.3 Å². The molecule has 0 saturated carbocycles. The summed E-state index contributed by atoms with van der Waals surface area (Å²) in [6.07, 6.45) is 1.64. The van der Waals surface area contributed by atoms with Crippen molar-refractivity contribution in [1.82, 2.24) is 0 Å². The van der Waals surface area contributed by atoms with Gasteiger partial charge >= 0.3 is 0 Å². The Balaban J connectivity index is 2.46. The Kier molecular flexibility index (Phi) is 3.25. The summed E-state index contributed by atoms with van der Waals surface area (Å²) >= 11 is 0. The Morgan fingerprint density at radius 3 is 2.62 bits per heavy atom. The number of aliphatic hydroxyl groups excluding tert-OH is 1. The van der Waals surface area contributed by atoms with Crippen LogP contribution >= 0.6 is 0 Å². The molecule has 0 amide bonds. The molecule has 1 aliphatic heterocycles. The number of nitrogens with two attached hydrogens (primary N) is 1. The molecule has 0 fully saturated rings. The van der Waals surface area contributed by atoms with Crippen molar-refractivity contribution >= 4 is 7.85 Å². The van der Waals surface area contributed by atoms with Gasteiger partial charge in [0.25, 0.3) is 0 Å². The highest BCUT2D eigenvalue weighted by molar-refractivity contribution is 6.13. The maximum Gasteiger partial charge on any atom is 0.133 e. The smallest absolute Gasteiger partial charge is 0.133 e. The van der Waals surface area contributed by atoms with E-state index in [2.05, 4.69) is 13.8 Å². The highest BCUT2D eigenvalue weighted by Gasteiger charge is 2.29. The molecule has 0 aromatic carbocycles. The largest absolute Gasteiger partial charge is 0.509 e. The SMILES string of the molecule is [B]C1OC(CCC(C)C)C(N)=C1O. The van der Waals surface area contributed by atoms with Crippen LogP contribution in [-0.2, 0) is 4.74 Å².